The van der Waals surface area contributed by atoms with Crippen molar-refractivity contribution >= 4 is 22.7 Å². The first-order valence-electron chi connectivity index (χ1n) is 11.1. The van der Waals surface area contributed by atoms with Crippen LogP contribution in [0.15, 0.2) is 54.7 Å². The van der Waals surface area contributed by atoms with Crippen LogP contribution >= 0.6 is 0 Å². The highest BCUT2D eigenvalue weighted by atomic mass is 16.6. The third-order valence-corrected chi connectivity index (χ3v) is 6.34. The number of benzene rings is 2. The number of hydrogen-bond donors (Lipinski definition) is 2. The number of rotatable bonds is 4. The number of carbonyl (C=O) groups is 1. The molecule has 1 saturated carbocycles. The highest BCUT2D eigenvalue weighted by molar-refractivity contribution is 5.98. The molecule has 160 valence electrons. The molecule has 4 aromatic rings. The molecule has 1 fully saturated rings. The Kier molecular flexibility index (Phi) is 4.45. The van der Waals surface area contributed by atoms with E-state index in [2.05, 4.69) is 57.8 Å². The quantitative estimate of drug-likeness (QED) is 0.452. The van der Waals surface area contributed by atoms with Crippen LogP contribution in [-0.2, 0) is 17.6 Å². The fourth-order valence-corrected chi connectivity index (χ4v) is 4.61. The van der Waals surface area contributed by atoms with Gasteiger partial charge in [0.1, 0.15) is 11.8 Å². The van der Waals surface area contributed by atoms with Crippen LogP contribution in [0.25, 0.3) is 22.2 Å². The van der Waals surface area contributed by atoms with Gasteiger partial charge in [-0.25, -0.2) is 4.79 Å². The minimum absolute atomic E-state index is 0.228. The summed E-state index contributed by atoms with van der Waals surface area (Å²) in [7, 11) is 0. The van der Waals surface area contributed by atoms with Gasteiger partial charge in [-0.3, -0.25) is 15.4 Å². The van der Waals surface area contributed by atoms with Crippen LogP contribution < -0.4 is 5.32 Å². The average Bonchev–Trinajstić information content (AvgIpc) is 3.56. The molecular formula is C26H24N4O2. The molecule has 6 nitrogen and oxygen atoms in total. The molecule has 1 amide bonds. The first-order valence-corrected chi connectivity index (χ1v) is 11.1. The Morgan fingerprint density at radius 3 is 2.88 bits per heavy atom. The number of cyclic esters (lactones) is 1. The lowest BCUT2D eigenvalue weighted by molar-refractivity contribution is 0.113. The third-order valence-electron chi connectivity index (χ3n) is 6.34. The Hall–Kier alpha value is -3.67. The number of anilines is 1. The molecule has 6 rings (SSSR count). The molecule has 6 heteroatoms. The predicted octanol–water partition coefficient (Wildman–Crippen LogP) is 5.53. The summed E-state index contributed by atoms with van der Waals surface area (Å²) in [6.45, 7) is 2.07. The van der Waals surface area contributed by atoms with E-state index in [4.69, 9.17) is 4.74 Å². The van der Waals surface area contributed by atoms with E-state index >= 15 is 0 Å². The lowest BCUT2D eigenvalue weighted by Crippen LogP contribution is -2.22. The van der Waals surface area contributed by atoms with Gasteiger partial charge in [-0.1, -0.05) is 29.8 Å². The molecular weight excluding hydrogens is 400 g/mol. The van der Waals surface area contributed by atoms with Crippen molar-refractivity contribution < 1.29 is 9.53 Å². The second-order valence-corrected chi connectivity index (χ2v) is 8.92. The zero-order valence-corrected chi connectivity index (χ0v) is 17.9. The molecule has 1 unspecified atom stereocenters. The summed E-state index contributed by atoms with van der Waals surface area (Å²) in [6, 6.07) is 16.6. The van der Waals surface area contributed by atoms with E-state index in [1.165, 1.54) is 24.0 Å². The molecule has 2 aliphatic rings. The van der Waals surface area contributed by atoms with E-state index in [1.54, 1.807) is 0 Å². The second kappa shape index (κ2) is 7.48. The van der Waals surface area contributed by atoms with Crippen molar-refractivity contribution in [1.29, 1.82) is 0 Å². The second-order valence-electron chi connectivity index (χ2n) is 8.92. The number of aromatic nitrogens is 3. The van der Waals surface area contributed by atoms with E-state index in [1.807, 2.05) is 24.4 Å². The molecule has 1 atom stereocenters. The van der Waals surface area contributed by atoms with Crippen molar-refractivity contribution in [3.8, 4) is 11.3 Å². The summed E-state index contributed by atoms with van der Waals surface area (Å²) in [4.78, 5) is 17.0. The minimum Gasteiger partial charge on any atom is -0.445 e. The Morgan fingerprint density at radius 1 is 1.12 bits per heavy atom. The molecule has 0 saturated heterocycles. The van der Waals surface area contributed by atoms with E-state index < -0.39 is 6.09 Å². The Labute approximate surface area is 186 Å². The van der Waals surface area contributed by atoms with Crippen molar-refractivity contribution in [2.45, 2.75) is 44.6 Å². The van der Waals surface area contributed by atoms with E-state index in [-0.39, 0.29) is 6.10 Å². The molecule has 1 aliphatic heterocycles. The van der Waals surface area contributed by atoms with Gasteiger partial charge in [0, 0.05) is 47.3 Å². The number of aromatic amines is 1. The molecule has 0 bridgehead atoms. The zero-order chi connectivity index (χ0) is 21.7. The first kappa shape index (κ1) is 19.0. The van der Waals surface area contributed by atoms with Gasteiger partial charge in [-0.05, 0) is 55.2 Å². The SMILES string of the molecule is Cc1cccc(CC2Cc3cc4c(-c5ccnc(C6CC6)c5)n[nH]c4cc3NC(=O)O2)c1. The van der Waals surface area contributed by atoms with Gasteiger partial charge in [-0.15, -0.1) is 0 Å². The van der Waals surface area contributed by atoms with Gasteiger partial charge in [0.15, 0.2) is 0 Å². The summed E-state index contributed by atoms with van der Waals surface area (Å²) in [5, 5.41) is 11.7. The van der Waals surface area contributed by atoms with E-state index in [0.29, 0.717) is 18.8 Å². The predicted molar refractivity (Wildman–Crippen MR) is 124 cm³/mol. The number of ether oxygens (including phenoxy) is 1. The van der Waals surface area contributed by atoms with Crippen LogP contribution in [0.1, 0.15) is 41.1 Å². The fraction of sp³-hybridized carbons (Fsp3) is 0.269. The lowest BCUT2D eigenvalue weighted by Gasteiger charge is -2.15. The zero-order valence-electron chi connectivity index (χ0n) is 17.9. The van der Waals surface area contributed by atoms with Crippen LogP contribution in [0.3, 0.4) is 0 Å². The van der Waals surface area contributed by atoms with Gasteiger partial charge in [0.25, 0.3) is 0 Å². The number of nitrogens with one attached hydrogen (secondary N) is 2. The molecule has 2 aromatic heterocycles. The van der Waals surface area contributed by atoms with Crippen molar-refractivity contribution in [2.24, 2.45) is 0 Å². The maximum absolute atomic E-state index is 12.4. The van der Waals surface area contributed by atoms with Crippen LogP contribution in [0.4, 0.5) is 10.5 Å². The maximum atomic E-state index is 12.4. The van der Waals surface area contributed by atoms with Gasteiger partial charge in [-0.2, -0.15) is 5.10 Å². The Morgan fingerprint density at radius 2 is 2.03 bits per heavy atom. The molecule has 32 heavy (non-hydrogen) atoms. The van der Waals surface area contributed by atoms with Crippen molar-refractivity contribution in [3.63, 3.8) is 0 Å². The largest absolute Gasteiger partial charge is 0.445 e. The maximum Gasteiger partial charge on any atom is 0.411 e. The Balaban J connectivity index is 1.37. The van der Waals surface area contributed by atoms with Crippen molar-refractivity contribution in [3.05, 3.63) is 77.1 Å². The smallest absolute Gasteiger partial charge is 0.411 e. The Bertz CT molecular complexity index is 1340. The number of nitrogens with zero attached hydrogens (tertiary/aromatic N) is 2. The number of aryl methyl sites for hydroxylation is 1. The van der Waals surface area contributed by atoms with E-state index in [9.17, 15) is 4.79 Å². The number of hydrogen-bond acceptors (Lipinski definition) is 4. The molecule has 3 heterocycles. The van der Waals surface area contributed by atoms with Crippen LogP contribution in [-0.4, -0.2) is 27.4 Å². The number of fused-ring (bicyclic) bond motifs is 2. The number of pyridine rings is 1. The summed E-state index contributed by atoms with van der Waals surface area (Å²) in [5.74, 6) is 0.589. The van der Waals surface area contributed by atoms with Crippen LogP contribution in [0.5, 0.6) is 0 Å². The normalized spacial score (nSPS) is 18.0. The lowest BCUT2D eigenvalue weighted by atomic mass is 9.97. The standard InChI is InChI=1S/C26H24N4O2/c1-15-3-2-4-16(9-15)10-20-11-19-12-21-24(14-23(19)28-26(31)32-20)29-30-25(21)18-7-8-27-22(13-18)17-5-6-17/h2-4,7-9,12-14,17,20H,5-6,10-11H2,1H3,(H,28,31)(H,29,30). The number of H-pyrrole nitrogens is 1. The highest BCUT2D eigenvalue weighted by Crippen LogP contribution is 2.40. The number of amides is 1. The summed E-state index contributed by atoms with van der Waals surface area (Å²) < 4.78 is 5.72. The molecule has 0 spiro atoms. The molecule has 2 aromatic carbocycles. The van der Waals surface area contributed by atoms with Gasteiger partial charge in [0.2, 0.25) is 0 Å². The molecule has 1 aliphatic carbocycles. The number of carbonyl (C=O) groups excluding carboxylic acids is 1. The fourth-order valence-electron chi connectivity index (χ4n) is 4.61. The van der Waals surface area contributed by atoms with Crippen molar-refractivity contribution in [2.75, 3.05) is 5.32 Å². The minimum atomic E-state index is -0.413. The summed E-state index contributed by atoms with van der Waals surface area (Å²) >= 11 is 0. The first-order chi connectivity index (χ1) is 15.6. The summed E-state index contributed by atoms with van der Waals surface area (Å²) in [6.07, 6.45) is 4.99. The van der Waals surface area contributed by atoms with Gasteiger partial charge < -0.3 is 4.74 Å². The average molecular weight is 425 g/mol. The monoisotopic (exact) mass is 424 g/mol. The van der Waals surface area contributed by atoms with Crippen molar-refractivity contribution in [1.82, 2.24) is 15.2 Å². The summed E-state index contributed by atoms with van der Waals surface area (Å²) in [5.41, 5.74) is 8.22. The van der Waals surface area contributed by atoms with Crippen LogP contribution in [0, 0.1) is 6.92 Å². The molecule has 2 N–H and O–H groups in total. The highest BCUT2D eigenvalue weighted by Gasteiger charge is 2.26. The van der Waals surface area contributed by atoms with Gasteiger partial charge >= 0.3 is 6.09 Å². The van der Waals surface area contributed by atoms with Crippen LogP contribution in [0.2, 0.25) is 0 Å². The molecule has 0 radical (unpaired) electrons. The van der Waals surface area contributed by atoms with Gasteiger partial charge in [0.05, 0.1) is 5.52 Å². The topological polar surface area (TPSA) is 79.9 Å². The third kappa shape index (κ3) is 3.62. The van der Waals surface area contributed by atoms with E-state index in [0.717, 1.165) is 39.1 Å².